The maximum Gasteiger partial charge on any atom is 0.317 e. The predicted octanol–water partition coefficient (Wildman–Crippen LogP) is 0.705. The molecule has 80 valence electrons. The summed E-state index contributed by atoms with van der Waals surface area (Å²) < 4.78 is 0. The van der Waals surface area contributed by atoms with E-state index < -0.39 is 0 Å². The summed E-state index contributed by atoms with van der Waals surface area (Å²) in [5, 5.41) is 12.5. The monoisotopic (exact) mass is 198 g/mol. The number of amides is 2. The fourth-order valence-electron chi connectivity index (χ4n) is 2.28. The number of aliphatic hydroxyl groups is 1. The van der Waals surface area contributed by atoms with Crippen LogP contribution in [0.1, 0.15) is 32.1 Å². The molecule has 1 saturated carbocycles. The van der Waals surface area contributed by atoms with E-state index in [1.165, 1.54) is 0 Å². The molecule has 2 N–H and O–H groups in total. The molecule has 2 fully saturated rings. The number of nitrogens with one attached hydrogen (secondary N) is 1. The van der Waals surface area contributed by atoms with E-state index in [1.54, 1.807) is 0 Å². The van der Waals surface area contributed by atoms with E-state index in [0.717, 1.165) is 45.2 Å². The van der Waals surface area contributed by atoms with Crippen LogP contribution in [0.15, 0.2) is 0 Å². The highest BCUT2D eigenvalue weighted by atomic mass is 16.3. The Balaban J connectivity index is 1.81. The Labute approximate surface area is 84.3 Å². The fraction of sp³-hybridized carbons (Fsp3) is 0.900. The third kappa shape index (κ3) is 2.00. The van der Waals surface area contributed by atoms with Crippen molar-refractivity contribution in [2.24, 2.45) is 0 Å². The molecule has 0 spiro atoms. The van der Waals surface area contributed by atoms with Gasteiger partial charge in [0.1, 0.15) is 0 Å². The Hall–Kier alpha value is -0.770. The number of carbonyl (C=O) groups is 1. The summed E-state index contributed by atoms with van der Waals surface area (Å²) in [7, 11) is 0. The fourth-order valence-corrected chi connectivity index (χ4v) is 2.28. The maximum absolute atomic E-state index is 11.7. The number of carbonyl (C=O) groups excluding carboxylic acids is 1. The smallest absolute Gasteiger partial charge is 0.317 e. The Morgan fingerprint density at radius 1 is 1.21 bits per heavy atom. The van der Waals surface area contributed by atoms with Crippen LogP contribution in [0.2, 0.25) is 0 Å². The first-order valence-electron chi connectivity index (χ1n) is 5.51. The lowest BCUT2D eigenvalue weighted by atomic mass is 10.2. The highest BCUT2D eigenvalue weighted by molar-refractivity contribution is 5.74. The lowest BCUT2D eigenvalue weighted by Gasteiger charge is -2.21. The van der Waals surface area contributed by atoms with Gasteiger partial charge in [0.05, 0.1) is 12.1 Å². The third-order valence-corrected chi connectivity index (χ3v) is 3.18. The Kier molecular flexibility index (Phi) is 2.91. The molecule has 0 bridgehead atoms. The second-order valence-electron chi connectivity index (χ2n) is 4.25. The van der Waals surface area contributed by atoms with Gasteiger partial charge in [-0.05, 0) is 32.1 Å². The molecule has 2 rings (SSSR count). The molecule has 2 atom stereocenters. The van der Waals surface area contributed by atoms with Crippen molar-refractivity contribution < 1.29 is 9.90 Å². The lowest BCUT2D eigenvalue weighted by molar-refractivity contribution is 0.143. The number of rotatable bonds is 1. The Morgan fingerprint density at radius 3 is 2.50 bits per heavy atom. The van der Waals surface area contributed by atoms with E-state index in [4.69, 9.17) is 0 Å². The number of hydrogen-bond acceptors (Lipinski definition) is 2. The van der Waals surface area contributed by atoms with Crippen LogP contribution in [0.4, 0.5) is 4.79 Å². The van der Waals surface area contributed by atoms with Gasteiger partial charge in [0.25, 0.3) is 0 Å². The molecule has 4 nitrogen and oxygen atoms in total. The zero-order chi connectivity index (χ0) is 9.97. The van der Waals surface area contributed by atoms with Gasteiger partial charge in [-0.25, -0.2) is 4.79 Å². The number of nitrogens with zero attached hydrogens (tertiary/aromatic N) is 1. The summed E-state index contributed by atoms with van der Waals surface area (Å²) in [5.74, 6) is 0. The van der Waals surface area contributed by atoms with Crippen LogP contribution in [0.25, 0.3) is 0 Å². The van der Waals surface area contributed by atoms with Gasteiger partial charge in [-0.3, -0.25) is 0 Å². The molecule has 2 aliphatic rings. The van der Waals surface area contributed by atoms with Crippen molar-refractivity contribution in [3.63, 3.8) is 0 Å². The van der Waals surface area contributed by atoms with Gasteiger partial charge >= 0.3 is 6.03 Å². The molecule has 14 heavy (non-hydrogen) atoms. The first kappa shape index (κ1) is 9.77. The predicted molar refractivity (Wildman–Crippen MR) is 53.0 cm³/mol. The van der Waals surface area contributed by atoms with Crippen molar-refractivity contribution in [3.05, 3.63) is 0 Å². The van der Waals surface area contributed by atoms with Gasteiger partial charge in [-0.15, -0.1) is 0 Å². The first-order valence-corrected chi connectivity index (χ1v) is 5.51. The standard InChI is InChI=1S/C10H18N2O2/c13-9-5-3-4-8(9)11-10(14)12-6-1-2-7-12/h8-9,13H,1-7H2,(H,11,14). The lowest BCUT2D eigenvalue weighted by Crippen LogP contribution is -2.46. The van der Waals surface area contributed by atoms with Gasteiger partial charge in [0.15, 0.2) is 0 Å². The molecular weight excluding hydrogens is 180 g/mol. The molecule has 0 radical (unpaired) electrons. The second kappa shape index (κ2) is 4.17. The zero-order valence-corrected chi connectivity index (χ0v) is 8.41. The Morgan fingerprint density at radius 2 is 1.93 bits per heavy atom. The summed E-state index contributed by atoms with van der Waals surface area (Å²) in [5.41, 5.74) is 0. The molecule has 0 aromatic carbocycles. The third-order valence-electron chi connectivity index (χ3n) is 3.18. The van der Waals surface area contributed by atoms with E-state index in [-0.39, 0.29) is 18.2 Å². The van der Waals surface area contributed by atoms with Gasteiger partial charge < -0.3 is 15.3 Å². The van der Waals surface area contributed by atoms with Crippen molar-refractivity contribution >= 4 is 6.03 Å². The van der Waals surface area contributed by atoms with Crippen molar-refractivity contribution in [1.29, 1.82) is 0 Å². The summed E-state index contributed by atoms with van der Waals surface area (Å²) in [4.78, 5) is 13.5. The zero-order valence-electron chi connectivity index (χ0n) is 8.41. The minimum absolute atomic E-state index is 0.00782. The number of likely N-dealkylation sites (tertiary alicyclic amines) is 1. The normalized spacial score (nSPS) is 32.2. The summed E-state index contributed by atoms with van der Waals surface area (Å²) in [6.07, 6.45) is 4.65. The van der Waals surface area contributed by atoms with Gasteiger partial charge in [-0.1, -0.05) is 0 Å². The van der Waals surface area contributed by atoms with Crippen molar-refractivity contribution in [3.8, 4) is 0 Å². The second-order valence-corrected chi connectivity index (χ2v) is 4.25. The first-order chi connectivity index (χ1) is 6.77. The SMILES string of the molecule is O=C(NC1CCCC1O)N1CCCC1. The summed E-state index contributed by atoms with van der Waals surface area (Å²) in [6, 6.07) is -0.00319. The van der Waals surface area contributed by atoms with Gasteiger partial charge in [0, 0.05) is 13.1 Å². The highest BCUT2D eigenvalue weighted by Crippen LogP contribution is 2.19. The van der Waals surface area contributed by atoms with Crippen LogP contribution in [0.3, 0.4) is 0 Å². The topological polar surface area (TPSA) is 52.6 Å². The van der Waals surface area contributed by atoms with Crippen molar-refractivity contribution in [1.82, 2.24) is 10.2 Å². The van der Waals surface area contributed by atoms with Crippen LogP contribution in [0, 0.1) is 0 Å². The minimum Gasteiger partial charge on any atom is -0.391 e. The molecule has 1 aliphatic heterocycles. The van der Waals surface area contributed by atoms with Gasteiger partial charge in [0.2, 0.25) is 0 Å². The molecular formula is C10H18N2O2. The Bertz CT molecular complexity index is 214. The van der Waals surface area contributed by atoms with Crippen LogP contribution in [-0.2, 0) is 0 Å². The van der Waals surface area contributed by atoms with Gasteiger partial charge in [-0.2, -0.15) is 0 Å². The summed E-state index contributed by atoms with van der Waals surface area (Å²) in [6.45, 7) is 1.74. The molecule has 0 aromatic heterocycles. The molecule has 1 heterocycles. The molecule has 1 aliphatic carbocycles. The largest absolute Gasteiger partial charge is 0.391 e. The number of hydrogen-bond donors (Lipinski definition) is 2. The molecule has 1 saturated heterocycles. The van der Waals surface area contributed by atoms with Crippen LogP contribution in [0.5, 0.6) is 0 Å². The van der Waals surface area contributed by atoms with E-state index in [9.17, 15) is 9.90 Å². The van der Waals surface area contributed by atoms with E-state index in [2.05, 4.69) is 5.32 Å². The average molecular weight is 198 g/mol. The van der Waals surface area contributed by atoms with Crippen molar-refractivity contribution in [2.75, 3.05) is 13.1 Å². The van der Waals surface area contributed by atoms with E-state index in [1.807, 2.05) is 4.90 Å². The average Bonchev–Trinajstić information content (AvgIpc) is 2.77. The van der Waals surface area contributed by atoms with Crippen LogP contribution >= 0.6 is 0 Å². The molecule has 2 unspecified atom stereocenters. The van der Waals surface area contributed by atoms with Crippen LogP contribution in [-0.4, -0.2) is 41.3 Å². The quantitative estimate of drug-likeness (QED) is 0.652. The molecule has 0 aromatic rings. The van der Waals surface area contributed by atoms with E-state index >= 15 is 0 Å². The van der Waals surface area contributed by atoms with Crippen LogP contribution < -0.4 is 5.32 Å². The molecule has 2 amide bonds. The highest BCUT2D eigenvalue weighted by Gasteiger charge is 2.28. The van der Waals surface area contributed by atoms with E-state index in [0.29, 0.717) is 0 Å². The maximum atomic E-state index is 11.7. The summed E-state index contributed by atoms with van der Waals surface area (Å²) >= 11 is 0. The number of urea groups is 1. The molecule has 4 heteroatoms. The minimum atomic E-state index is -0.332. The van der Waals surface area contributed by atoms with Crippen molar-refractivity contribution in [2.45, 2.75) is 44.2 Å². The number of aliphatic hydroxyl groups excluding tert-OH is 1.